The summed E-state index contributed by atoms with van der Waals surface area (Å²) < 4.78 is 22.5. The molecule has 1 fully saturated rings. The van der Waals surface area contributed by atoms with Crippen molar-refractivity contribution < 1.29 is 33.3 Å². The summed E-state index contributed by atoms with van der Waals surface area (Å²) in [5.74, 6) is -1.11. The van der Waals surface area contributed by atoms with E-state index in [4.69, 9.17) is 18.9 Å². The van der Waals surface area contributed by atoms with Crippen LogP contribution in [0.2, 0.25) is 0 Å². The van der Waals surface area contributed by atoms with Gasteiger partial charge in [-0.05, 0) is 26.7 Å². The van der Waals surface area contributed by atoms with Gasteiger partial charge in [0.15, 0.2) is 0 Å². The van der Waals surface area contributed by atoms with Gasteiger partial charge in [-0.3, -0.25) is 14.4 Å². The molecular weight excluding hydrogens is 354 g/mol. The summed E-state index contributed by atoms with van der Waals surface area (Å²) >= 11 is 0. The molecule has 0 spiro atoms. The Morgan fingerprint density at radius 2 is 1.67 bits per heavy atom. The highest BCUT2D eigenvalue weighted by Gasteiger charge is 2.43. The van der Waals surface area contributed by atoms with Crippen molar-refractivity contribution in [2.45, 2.75) is 97.4 Å². The first-order chi connectivity index (χ1) is 12.8. The van der Waals surface area contributed by atoms with Crippen molar-refractivity contribution >= 4 is 17.8 Å². The average Bonchev–Trinajstić information content (AvgIpc) is 2.56. The number of carbonyl (C=O) groups excluding carboxylic acids is 3. The van der Waals surface area contributed by atoms with E-state index < -0.39 is 30.5 Å². The molecule has 0 aromatic heterocycles. The third-order valence-electron chi connectivity index (χ3n) is 3.94. The highest BCUT2D eigenvalue weighted by molar-refractivity contribution is 5.74. The number of ether oxygens (including phenoxy) is 4. The lowest BCUT2D eigenvalue weighted by molar-refractivity contribution is -0.240. The molecule has 27 heavy (non-hydrogen) atoms. The predicted octanol–water partition coefficient (Wildman–Crippen LogP) is 2.09. The van der Waals surface area contributed by atoms with E-state index in [0.29, 0.717) is 19.3 Å². The second kappa shape index (κ2) is 11.9. The van der Waals surface area contributed by atoms with Crippen LogP contribution in [0.3, 0.4) is 0 Å². The number of esters is 2. The Labute approximate surface area is 161 Å². The summed E-state index contributed by atoms with van der Waals surface area (Å²) in [6.07, 6.45) is 0.0170. The zero-order valence-corrected chi connectivity index (χ0v) is 17.0. The first kappa shape index (κ1) is 23.4. The van der Waals surface area contributed by atoms with Crippen LogP contribution in [0, 0.1) is 0 Å². The summed E-state index contributed by atoms with van der Waals surface area (Å²) in [7, 11) is 0. The van der Waals surface area contributed by atoms with Crippen molar-refractivity contribution in [1.82, 2.24) is 5.32 Å². The third kappa shape index (κ3) is 8.71. The lowest BCUT2D eigenvalue weighted by atomic mass is 9.99. The maximum absolute atomic E-state index is 12.0. The third-order valence-corrected chi connectivity index (χ3v) is 3.94. The van der Waals surface area contributed by atoms with Gasteiger partial charge in [0, 0.05) is 26.2 Å². The summed E-state index contributed by atoms with van der Waals surface area (Å²) in [6, 6.07) is -0.764. The SMILES string of the molecule is CCCC(=O)OC1CC(COC(C)C)O[C@@H](OC(=O)CCC)C1NC(C)=O. The molecule has 8 heteroatoms. The number of nitrogens with one attached hydrogen (secondary N) is 1. The highest BCUT2D eigenvalue weighted by Crippen LogP contribution is 2.25. The smallest absolute Gasteiger partial charge is 0.308 e. The number of hydrogen-bond donors (Lipinski definition) is 1. The number of hydrogen-bond acceptors (Lipinski definition) is 7. The molecule has 156 valence electrons. The summed E-state index contributed by atoms with van der Waals surface area (Å²) in [5.41, 5.74) is 0. The van der Waals surface area contributed by atoms with Crippen molar-refractivity contribution in [2.24, 2.45) is 0 Å². The zero-order valence-electron chi connectivity index (χ0n) is 17.0. The fourth-order valence-corrected chi connectivity index (χ4v) is 2.76. The second-order valence-corrected chi connectivity index (χ2v) is 6.99. The molecule has 1 N–H and O–H groups in total. The Kier molecular flexibility index (Phi) is 10.3. The first-order valence-corrected chi connectivity index (χ1v) is 9.69. The monoisotopic (exact) mass is 387 g/mol. The summed E-state index contributed by atoms with van der Waals surface area (Å²) in [4.78, 5) is 35.7. The fraction of sp³-hybridized carbons (Fsp3) is 0.842. The van der Waals surface area contributed by atoms with Crippen molar-refractivity contribution in [2.75, 3.05) is 6.61 Å². The fourth-order valence-electron chi connectivity index (χ4n) is 2.76. The normalized spacial score (nSPS) is 25.1. The van der Waals surface area contributed by atoms with Crippen molar-refractivity contribution in [3.05, 3.63) is 0 Å². The van der Waals surface area contributed by atoms with E-state index in [9.17, 15) is 14.4 Å². The van der Waals surface area contributed by atoms with E-state index in [-0.39, 0.29) is 37.4 Å². The standard InChI is InChI=1S/C19H33NO7/c1-6-8-16(22)26-15-10-14(11-24-12(3)4)25-19(18(15)20-13(5)21)27-17(23)9-7-2/h12,14-15,18-19H,6-11H2,1-5H3,(H,20,21)/t14?,15?,18?,19-/m0/s1. The highest BCUT2D eigenvalue weighted by atomic mass is 16.7. The quantitative estimate of drug-likeness (QED) is 0.573. The topological polar surface area (TPSA) is 100 Å². The van der Waals surface area contributed by atoms with Crippen LogP contribution in [0.15, 0.2) is 0 Å². The van der Waals surface area contributed by atoms with Crippen LogP contribution in [0.1, 0.15) is 66.7 Å². The number of rotatable bonds is 10. The average molecular weight is 387 g/mol. The van der Waals surface area contributed by atoms with Gasteiger partial charge in [-0.2, -0.15) is 0 Å². The molecule has 4 atom stereocenters. The lowest BCUT2D eigenvalue weighted by Gasteiger charge is -2.40. The Morgan fingerprint density at radius 1 is 1.07 bits per heavy atom. The Morgan fingerprint density at radius 3 is 2.19 bits per heavy atom. The van der Waals surface area contributed by atoms with Gasteiger partial charge in [0.2, 0.25) is 12.2 Å². The molecule has 0 aliphatic carbocycles. The molecule has 1 saturated heterocycles. The van der Waals surface area contributed by atoms with Crippen LogP contribution in [0.5, 0.6) is 0 Å². The molecule has 0 saturated carbocycles. The van der Waals surface area contributed by atoms with Crippen LogP contribution in [0.25, 0.3) is 0 Å². The van der Waals surface area contributed by atoms with E-state index in [1.165, 1.54) is 6.92 Å². The van der Waals surface area contributed by atoms with Gasteiger partial charge in [-0.15, -0.1) is 0 Å². The van der Waals surface area contributed by atoms with Crippen molar-refractivity contribution in [3.63, 3.8) is 0 Å². The summed E-state index contributed by atoms with van der Waals surface area (Å²) in [6.45, 7) is 9.17. The molecule has 3 unspecified atom stereocenters. The van der Waals surface area contributed by atoms with E-state index in [0.717, 1.165) is 0 Å². The maximum Gasteiger partial charge on any atom is 0.308 e. The molecule has 1 aliphatic rings. The lowest BCUT2D eigenvalue weighted by Crippen LogP contribution is -2.59. The van der Waals surface area contributed by atoms with Crippen LogP contribution in [0.4, 0.5) is 0 Å². The van der Waals surface area contributed by atoms with Crippen molar-refractivity contribution in [3.8, 4) is 0 Å². The largest absolute Gasteiger partial charge is 0.460 e. The zero-order chi connectivity index (χ0) is 20.4. The predicted molar refractivity (Wildman–Crippen MR) is 97.8 cm³/mol. The Balaban J connectivity index is 2.97. The van der Waals surface area contributed by atoms with Crippen LogP contribution in [-0.4, -0.2) is 55.1 Å². The van der Waals surface area contributed by atoms with Gasteiger partial charge < -0.3 is 24.3 Å². The van der Waals surface area contributed by atoms with E-state index in [2.05, 4.69) is 5.32 Å². The minimum atomic E-state index is -1.04. The molecule has 0 aromatic rings. The minimum absolute atomic E-state index is 0.00357. The van der Waals surface area contributed by atoms with Gasteiger partial charge in [0.05, 0.1) is 18.8 Å². The van der Waals surface area contributed by atoms with Crippen LogP contribution in [-0.2, 0) is 33.3 Å². The Hall–Kier alpha value is -1.67. The van der Waals surface area contributed by atoms with Gasteiger partial charge in [0.25, 0.3) is 0 Å². The molecule has 8 nitrogen and oxygen atoms in total. The van der Waals surface area contributed by atoms with Gasteiger partial charge in [0.1, 0.15) is 12.1 Å². The molecule has 1 heterocycles. The maximum atomic E-state index is 12.0. The van der Waals surface area contributed by atoms with Crippen molar-refractivity contribution in [1.29, 1.82) is 0 Å². The molecule has 1 rings (SSSR count). The van der Waals surface area contributed by atoms with Gasteiger partial charge in [-0.25, -0.2) is 0 Å². The molecule has 0 bridgehead atoms. The first-order valence-electron chi connectivity index (χ1n) is 9.69. The summed E-state index contributed by atoms with van der Waals surface area (Å²) in [5, 5.41) is 2.70. The van der Waals surface area contributed by atoms with Crippen LogP contribution >= 0.6 is 0 Å². The molecule has 0 radical (unpaired) electrons. The van der Waals surface area contributed by atoms with Crippen LogP contribution < -0.4 is 5.32 Å². The minimum Gasteiger partial charge on any atom is -0.460 e. The molecule has 1 amide bonds. The number of amides is 1. The van der Waals surface area contributed by atoms with Gasteiger partial charge in [-0.1, -0.05) is 13.8 Å². The molecule has 1 aliphatic heterocycles. The number of carbonyl (C=O) groups is 3. The molecule has 0 aromatic carbocycles. The van der Waals surface area contributed by atoms with E-state index in [1.54, 1.807) is 0 Å². The van der Waals surface area contributed by atoms with Gasteiger partial charge >= 0.3 is 11.9 Å². The van der Waals surface area contributed by atoms with E-state index in [1.807, 2.05) is 27.7 Å². The second-order valence-electron chi connectivity index (χ2n) is 6.99. The van der Waals surface area contributed by atoms with E-state index >= 15 is 0 Å². The Bertz CT molecular complexity index is 464. The molecular formula is C19H33NO7.